The second-order valence-electron chi connectivity index (χ2n) is 11.2. The van der Waals surface area contributed by atoms with Crippen molar-refractivity contribution in [1.82, 2.24) is 5.32 Å². The van der Waals surface area contributed by atoms with Gasteiger partial charge in [-0.05, 0) is 94.3 Å². The van der Waals surface area contributed by atoms with Crippen LogP contribution in [0.15, 0.2) is 113 Å². The Kier molecular flexibility index (Phi) is 23.8. The van der Waals surface area contributed by atoms with Gasteiger partial charge in [0.15, 0.2) is 5.78 Å². The second kappa shape index (κ2) is 27.7. The number of hydrogen-bond donors (Lipinski definition) is 2. The van der Waals surface area contributed by atoms with Crippen LogP contribution in [0.5, 0.6) is 5.75 Å². The van der Waals surface area contributed by atoms with Crippen molar-refractivity contribution < 1.29 is 29.0 Å². The van der Waals surface area contributed by atoms with E-state index in [0.29, 0.717) is 23.4 Å². The summed E-state index contributed by atoms with van der Waals surface area (Å²) in [6.45, 7) is 7.80. The van der Waals surface area contributed by atoms with Crippen LogP contribution < -0.4 is 10.1 Å². The third-order valence-corrected chi connectivity index (χ3v) is 6.51. The number of carbonyl (C=O) groups is 4. The van der Waals surface area contributed by atoms with Crippen molar-refractivity contribution in [1.29, 1.82) is 0 Å². The van der Waals surface area contributed by atoms with E-state index in [9.17, 15) is 19.2 Å². The Balaban J connectivity index is 0.00000401. The van der Waals surface area contributed by atoms with Crippen molar-refractivity contribution in [2.45, 2.75) is 91.9 Å². The number of ketones is 1. The number of carbonyl (C=O) groups excluding carboxylic acids is 3. The molecule has 0 spiro atoms. The first-order valence-corrected chi connectivity index (χ1v) is 17.3. The van der Waals surface area contributed by atoms with Crippen LogP contribution in [-0.4, -0.2) is 35.3 Å². The Labute approximate surface area is 297 Å². The molecule has 2 aromatic rings. The molecule has 2 aromatic carbocycles. The minimum atomic E-state index is -0.992. The lowest BCUT2D eigenvalue weighted by molar-refractivity contribution is -0.137. The number of hydrogen-bond acceptors (Lipinski definition) is 7. The summed E-state index contributed by atoms with van der Waals surface area (Å²) < 4.78 is 5.48. The van der Waals surface area contributed by atoms with E-state index in [2.05, 4.69) is 97.1 Å². The molecule has 1 amide bonds. The predicted molar refractivity (Wildman–Crippen MR) is 202 cm³/mol. The zero-order chi connectivity index (χ0) is 36.8. The molecule has 0 aromatic heterocycles. The van der Waals surface area contributed by atoms with E-state index in [0.717, 1.165) is 38.5 Å². The molecule has 9 heteroatoms. The third-order valence-electron chi connectivity index (χ3n) is 6.51. The quantitative estimate of drug-likeness (QED) is 0.0336. The van der Waals surface area contributed by atoms with Gasteiger partial charge in [-0.25, -0.2) is 0 Å². The molecule has 2 rings (SSSR count). The number of esters is 1. The van der Waals surface area contributed by atoms with Crippen LogP contribution in [0.4, 0.5) is 11.4 Å². The fourth-order valence-corrected chi connectivity index (χ4v) is 4.03. The minimum Gasteiger partial charge on any atom is -0.481 e. The summed E-state index contributed by atoms with van der Waals surface area (Å²) in [5, 5.41) is 19.5. The smallest absolute Gasteiger partial charge is 0.311 e. The van der Waals surface area contributed by atoms with Crippen molar-refractivity contribution >= 4 is 35.0 Å². The van der Waals surface area contributed by atoms with Gasteiger partial charge < -0.3 is 15.2 Å². The van der Waals surface area contributed by atoms with Gasteiger partial charge in [0.2, 0.25) is 0 Å². The number of nitrogens with zero attached hydrogens (tertiary/aromatic N) is 2. The summed E-state index contributed by atoms with van der Waals surface area (Å²) in [5.41, 5.74) is 1.45. The standard InChI is InChI=1S/C38H45N3O6.C3H8/c1-3-4-5-6-7-8-9-10-11-12-13-14-15-16-17-18-19-20-37(45)47-35-26-25-33(29-34(35)30(2)42)41-40-32-23-21-31(22-24-32)38(46)39-28-27-36(43)44;1-3-2/h4-5,7-8,10-11,13-14,16-17,21-26,29H,3,6,9,12,15,18-20,27-28H2,1-2H3,(H,39,46)(H,43,44);3H2,1-2H3/b5-4-,8-7-,11-10-,14-13-,17-16-,41-40?;. The maximum absolute atomic E-state index is 12.4. The Hall–Kier alpha value is -5.18. The van der Waals surface area contributed by atoms with E-state index in [4.69, 9.17) is 9.84 Å². The fraction of sp³-hybridized carbons (Fsp3) is 0.366. The number of Topliss-reactive ketones (excluding diaryl/α,β-unsaturated/α-hetero) is 1. The van der Waals surface area contributed by atoms with Crippen LogP contribution in [0.25, 0.3) is 0 Å². The highest BCUT2D eigenvalue weighted by molar-refractivity contribution is 5.98. The number of carboxylic acids is 1. The van der Waals surface area contributed by atoms with Gasteiger partial charge >= 0.3 is 11.9 Å². The van der Waals surface area contributed by atoms with E-state index in [1.54, 1.807) is 30.3 Å². The van der Waals surface area contributed by atoms with Crippen LogP contribution in [-0.2, 0) is 9.59 Å². The summed E-state index contributed by atoms with van der Waals surface area (Å²) >= 11 is 0. The topological polar surface area (TPSA) is 134 Å². The Morgan fingerprint density at radius 2 is 1.24 bits per heavy atom. The first-order valence-electron chi connectivity index (χ1n) is 17.3. The zero-order valence-electron chi connectivity index (χ0n) is 30.0. The van der Waals surface area contributed by atoms with E-state index in [1.165, 1.54) is 25.5 Å². The van der Waals surface area contributed by atoms with Gasteiger partial charge in [-0.15, -0.1) is 0 Å². The van der Waals surface area contributed by atoms with Gasteiger partial charge in [-0.2, -0.15) is 10.2 Å². The lowest BCUT2D eigenvalue weighted by atomic mass is 10.1. The molecule has 0 fully saturated rings. The van der Waals surface area contributed by atoms with Crippen molar-refractivity contribution in [3.8, 4) is 5.75 Å². The molecule has 50 heavy (non-hydrogen) atoms. The predicted octanol–water partition coefficient (Wildman–Crippen LogP) is 10.8. The lowest BCUT2D eigenvalue weighted by Gasteiger charge is -2.08. The number of allylic oxidation sites excluding steroid dienone is 10. The molecule has 0 aliphatic rings. The number of azo groups is 1. The number of aliphatic carboxylic acids is 1. The summed E-state index contributed by atoms with van der Waals surface area (Å²) in [6.07, 6.45) is 28.9. The first kappa shape index (κ1) is 42.8. The SMILES string of the molecule is CC/C=C\C/C=C\C/C=C\C/C=C\C/C=C\CCCC(=O)Oc1ccc(N=Nc2ccc(C(=O)NCCC(=O)O)cc2)cc1C(C)=O.CCC. The van der Waals surface area contributed by atoms with Crippen LogP contribution >= 0.6 is 0 Å². The average Bonchev–Trinajstić information content (AvgIpc) is 3.09. The molecular weight excluding hydrogens is 630 g/mol. The van der Waals surface area contributed by atoms with Gasteiger partial charge in [0, 0.05) is 18.5 Å². The summed E-state index contributed by atoms with van der Waals surface area (Å²) in [5.74, 6) is -1.90. The molecule has 0 aliphatic heterocycles. The van der Waals surface area contributed by atoms with Gasteiger partial charge in [0.1, 0.15) is 5.75 Å². The van der Waals surface area contributed by atoms with Crippen molar-refractivity contribution in [2.24, 2.45) is 10.2 Å². The fourth-order valence-electron chi connectivity index (χ4n) is 4.03. The normalized spacial score (nSPS) is 11.6. The molecule has 9 nitrogen and oxygen atoms in total. The van der Waals surface area contributed by atoms with Gasteiger partial charge in [0.25, 0.3) is 5.91 Å². The van der Waals surface area contributed by atoms with Crippen LogP contribution in [0.2, 0.25) is 0 Å². The van der Waals surface area contributed by atoms with Crippen LogP contribution in [0, 0.1) is 0 Å². The molecule has 0 aliphatic carbocycles. The monoisotopic (exact) mass is 683 g/mol. The summed E-state index contributed by atoms with van der Waals surface area (Å²) in [6, 6.07) is 10.9. The molecule has 0 atom stereocenters. The second-order valence-corrected chi connectivity index (χ2v) is 11.2. The van der Waals surface area contributed by atoms with Gasteiger partial charge in [-0.1, -0.05) is 88.0 Å². The Morgan fingerprint density at radius 3 is 1.78 bits per heavy atom. The number of carboxylic acid groups (broad SMARTS) is 1. The minimum absolute atomic E-state index is 0.0323. The Bertz CT molecular complexity index is 1500. The molecule has 0 saturated heterocycles. The molecule has 2 N–H and O–H groups in total. The highest BCUT2D eigenvalue weighted by Crippen LogP contribution is 2.27. The first-order chi connectivity index (χ1) is 24.2. The molecule has 0 unspecified atom stereocenters. The molecule has 0 heterocycles. The molecular formula is C41H53N3O6. The molecule has 268 valence electrons. The maximum atomic E-state index is 12.4. The van der Waals surface area contributed by atoms with E-state index < -0.39 is 11.9 Å². The van der Waals surface area contributed by atoms with E-state index >= 15 is 0 Å². The number of rotatable bonds is 21. The van der Waals surface area contributed by atoms with E-state index in [1.807, 2.05) is 0 Å². The largest absolute Gasteiger partial charge is 0.481 e. The zero-order valence-corrected chi connectivity index (χ0v) is 30.0. The third kappa shape index (κ3) is 20.9. The number of amides is 1. The highest BCUT2D eigenvalue weighted by Gasteiger charge is 2.14. The molecule has 0 saturated carbocycles. The number of nitrogens with one attached hydrogen (secondary N) is 1. The van der Waals surface area contributed by atoms with Crippen molar-refractivity contribution in [3.05, 3.63) is 114 Å². The summed E-state index contributed by atoms with van der Waals surface area (Å²) in [7, 11) is 0. The average molecular weight is 684 g/mol. The highest BCUT2D eigenvalue weighted by atomic mass is 16.5. The van der Waals surface area contributed by atoms with Gasteiger partial charge in [0.05, 0.1) is 23.4 Å². The van der Waals surface area contributed by atoms with Crippen LogP contribution in [0.1, 0.15) is 113 Å². The summed E-state index contributed by atoms with van der Waals surface area (Å²) in [4.78, 5) is 47.4. The Morgan fingerprint density at radius 1 is 0.720 bits per heavy atom. The van der Waals surface area contributed by atoms with Gasteiger partial charge in [-0.3, -0.25) is 19.2 Å². The van der Waals surface area contributed by atoms with Crippen molar-refractivity contribution in [2.75, 3.05) is 6.54 Å². The molecule has 0 radical (unpaired) electrons. The van der Waals surface area contributed by atoms with Crippen molar-refractivity contribution in [3.63, 3.8) is 0 Å². The lowest BCUT2D eigenvalue weighted by Crippen LogP contribution is -2.25. The number of ether oxygens (including phenoxy) is 1. The van der Waals surface area contributed by atoms with Crippen LogP contribution in [0.3, 0.4) is 0 Å². The number of unbranched alkanes of at least 4 members (excludes halogenated alkanes) is 1. The van der Waals surface area contributed by atoms with E-state index in [-0.39, 0.29) is 42.4 Å². The molecule has 0 bridgehead atoms. The maximum Gasteiger partial charge on any atom is 0.311 e. The number of benzene rings is 2.